The lowest BCUT2D eigenvalue weighted by molar-refractivity contribution is -0.131. The number of nitrogens with zero attached hydrogens (tertiary/aromatic N) is 3. The molecule has 0 saturated carbocycles. The lowest BCUT2D eigenvalue weighted by Crippen LogP contribution is -2.37. The van der Waals surface area contributed by atoms with Crippen LogP contribution in [0.2, 0.25) is 0 Å². The van der Waals surface area contributed by atoms with Crippen LogP contribution >= 0.6 is 0 Å². The van der Waals surface area contributed by atoms with Crippen LogP contribution in [0.4, 0.5) is 0 Å². The molecule has 1 aliphatic heterocycles. The summed E-state index contributed by atoms with van der Waals surface area (Å²) < 4.78 is 4.86. The van der Waals surface area contributed by atoms with Crippen LogP contribution in [0, 0.1) is 6.92 Å². The number of aromatic nitrogens is 2. The van der Waals surface area contributed by atoms with Gasteiger partial charge >= 0.3 is 0 Å². The van der Waals surface area contributed by atoms with Gasteiger partial charge in [0.2, 0.25) is 11.8 Å². The topological polar surface area (TPSA) is 71.3 Å². The minimum absolute atomic E-state index is 0.242. The van der Waals surface area contributed by atoms with Gasteiger partial charge in [-0.1, -0.05) is 5.16 Å². The molecule has 1 aliphatic rings. The molecular formula is C12H20N4O2. The summed E-state index contributed by atoms with van der Waals surface area (Å²) in [5.41, 5.74) is 0. The first-order valence-corrected chi connectivity index (χ1v) is 6.53. The van der Waals surface area contributed by atoms with Crippen LogP contribution < -0.4 is 5.32 Å². The fourth-order valence-electron chi connectivity index (χ4n) is 2.11. The highest BCUT2D eigenvalue weighted by molar-refractivity contribution is 5.76. The molecule has 6 heteroatoms. The van der Waals surface area contributed by atoms with Gasteiger partial charge in [0.05, 0.1) is 6.54 Å². The fourth-order valence-corrected chi connectivity index (χ4v) is 2.11. The SMILES string of the molecule is Cc1nc(CNCCC(=O)N2CCCCC2)no1. The Kier molecular flexibility index (Phi) is 4.69. The Morgan fingerprint density at radius 3 is 2.83 bits per heavy atom. The van der Waals surface area contributed by atoms with Crippen molar-refractivity contribution in [2.75, 3.05) is 19.6 Å². The summed E-state index contributed by atoms with van der Waals surface area (Å²) in [7, 11) is 0. The first-order valence-electron chi connectivity index (χ1n) is 6.53. The van der Waals surface area contributed by atoms with Crippen molar-refractivity contribution >= 4 is 5.91 Å². The van der Waals surface area contributed by atoms with E-state index in [1.165, 1.54) is 6.42 Å². The molecule has 0 aromatic carbocycles. The lowest BCUT2D eigenvalue weighted by Gasteiger charge is -2.26. The van der Waals surface area contributed by atoms with E-state index in [0.29, 0.717) is 31.2 Å². The highest BCUT2D eigenvalue weighted by Gasteiger charge is 2.15. The Labute approximate surface area is 107 Å². The molecule has 2 heterocycles. The van der Waals surface area contributed by atoms with Crippen LogP contribution in [-0.2, 0) is 11.3 Å². The number of carbonyl (C=O) groups is 1. The van der Waals surface area contributed by atoms with Gasteiger partial charge in [-0.3, -0.25) is 4.79 Å². The van der Waals surface area contributed by atoms with Crippen molar-refractivity contribution in [2.45, 2.75) is 39.2 Å². The predicted octanol–water partition coefficient (Wildman–Crippen LogP) is 0.870. The second kappa shape index (κ2) is 6.49. The van der Waals surface area contributed by atoms with Gasteiger partial charge in [-0.2, -0.15) is 4.98 Å². The van der Waals surface area contributed by atoms with Gasteiger partial charge in [0.15, 0.2) is 5.82 Å². The Morgan fingerprint density at radius 2 is 2.17 bits per heavy atom. The van der Waals surface area contributed by atoms with E-state index in [4.69, 9.17) is 4.52 Å². The molecule has 1 amide bonds. The van der Waals surface area contributed by atoms with Gasteiger partial charge in [-0.25, -0.2) is 0 Å². The van der Waals surface area contributed by atoms with E-state index in [9.17, 15) is 4.79 Å². The van der Waals surface area contributed by atoms with Gasteiger partial charge in [0.25, 0.3) is 0 Å². The summed E-state index contributed by atoms with van der Waals surface area (Å²) in [4.78, 5) is 17.9. The molecule has 1 N–H and O–H groups in total. The van der Waals surface area contributed by atoms with Crippen molar-refractivity contribution in [3.63, 3.8) is 0 Å². The van der Waals surface area contributed by atoms with Crippen molar-refractivity contribution < 1.29 is 9.32 Å². The lowest BCUT2D eigenvalue weighted by atomic mass is 10.1. The third kappa shape index (κ3) is 3.80. The van der Waals surface area contributed by atoms with Crippen molar-refractivity contribution in [2.24, 2.45) is 0 Å². The quantitative estimate of drug-likeness (QED) is 0.787. The van der Waals surface area contributed by atoms with E-state index in [2.05, 4.69) is 15.5 Å². The van der Waals surface area contributed by atoms with Gasteiger partial charge in [-0.05, 0) is 19.3 Å². The number of amides is 1. The Morgan fingerprint density at radius 1 is 1.39 bits per heavy atom. The smallest absolute Gasteiger partial charge is 0.223 e. The van der Waals surface area contributed by atoms with Gasteiger partial charge in [-0.15, -0.1) is 0 Å². The molecular weight excluding hydrogens is 232 g/mol. The summed E-state index contributed by atoms with van der Waals surface area (Å²) in [5.74, 6) is 1.45. The van der Waals surface area contributed by atoms with Crippen LogP contribution in [-0.4, -0.2) is 40.6 Å². The van der Waals surface area contributed by atoms with E-state index in [1.54, 1.807) is 6.92 Å². The molecule has 0 aliphatic carbocycles. The number of likely N-dealkylation sites (tertiary alicyclic amines) is 1. The average molecular weight is 252 g/mol. The number of rotatable bonds is 5. The van der Waals surface area contributed by atoms with Gasteiger partial charge in [0, 0.05) is 33.0 Å². The molecule has 18 heavy (non-hydrogen) atoms. The third-order valence-corrected chi connectivity index (χ3v) is 3.08. The molecule has 2 rings (SSSR count). The maximum atomic E-state index is 11.8. The zero-order valence-corrected chi connectivity index (χ0v) is 10.8. The molecule has 0 unspecified atom stereocenters. The minimum atomic E-state index is 0.242. The molecule has 1 aromatic heterocycles. The highest BCUT2D eigenvalue weighted by Crippen LogP contribution is 2.09. The van der Waals surface area contributed by atoms with Crippen LogP contribution in [0.25, 0.3) is 0 Å². The number of aryl methyl sites for hydroxylation is 1. The van der Waals surface area contributed by atoms with Gasteiger partial charge < -0.3 is 14.7 Å². The second-order valence-electron chi connectivity index (χ2n) is 4.60. The fraction of sp³-hybridized carbons (Fsp3) is 0.750. The molecule has 0 atom stereocenters. The third-order valence-electron chi connectivity index (χ3n) is 3.08. The molecule has 0 radical (unpaired) electrons. The van der Waals surface area contributed by atoms with Crippen molar-refractivity contribution in [1.82, 2.24) is 20.4 Å². The summed E-state index contributed by atoms with van der Waals surface area (Å²) in [5, 5.41) is 6.93. The van der Waals surface area contributed by atoms with Gasteiger partial charge in [0.1, 0.15) is 0 Å². The first-order chi connectivity index (χ1) is 8.75. The second-order valence-corrected chi connectivity index (χ2v) is 4.60. The standard InChI is InChI=1S/C12H20N4O2/c1-10-14-11(15-18-10)9-13-6-5-12(17)16-7-3-2-4-8-16/h13H,2-9H2,1H3. The number of hydrogen-bond acceptors (Lipinski definition) is 5. The number of carbonyl (C=O) groups excluding carboxylic acids is 1. The van der Waals surface area contributed by atoms with Crippen LogP contribution in [0.1, 0.15) is 37.4 Å². The summed E-state index contributed by atoms with van der Waals surface area (Å²) in [6.45, 7) is 4.80. The van der Waals surface area contributed by atoms with Crippen molar-refractivity contribution in [3.05, 3.63) is 11.7 Å². The molecule has 1 aromatic rings. The largest absolute Gasteiger partial charge is 0.343 e. The molecule has 6 nitrogen and oxygen atoms in total. The molecule has 100 valence electrons. The Bertz CT molecular complexity index is 385. The Hall–Kier alpha value is -1.43. The summed E-state index contributed by atoms with van der Waals surface area (Å²) >= 11 is 0. The molecule has 1 fully saturated rings. The normalized spacial score (nSPS) is 15.9. The van der Waals surface area contributed by atoms with E-state index in [0.717, 1.165) is 25.9 Å². The zero-order chi connectivity index (χ0) is 12.8. The van der Waals surface area contributed by atoms with E-state index < -0.39 is 0 Å². The van der Waals surface area contributed by atoms with Crippen LogP contribution in [0.3, 0.4) is 0 Å². The first kappa shape index (κ1) is 13.0. The molecule has 0 spiro atoms. The zero-order valence-electron chi connectivity index (χ0n) is 10.8. The number of hydrogen-bond donors (Lipinski definition) is 1. The van der Waals surface area contributed by atoms with E-state index >= 15 is 0 Å². The highest BCUT2D eigenvalue weighted by atomic mass is 16.5. The maximum Gasteiger partial charge on any atom is 0.223 e. The minimum Gasteiger partial charge on any atom is -0.343 e. The average Bonchev–Trinajstić information content (AvgIpc) is 2.81. The number of nitrogens with one attached hydrogen (secondary N) is 1. The maximum absolute atomic E-state index is 11.8. The van der Waals surface area contributed by atoms with E-state index in [1.807, 2.05) is 4.90 Å². The van der Waals surface area contributed by atoms with Crippen LogP contribution in [0.5, 0.6) is 0 Å². The number of piperidine rings is 1. The van der Waals surface area contributed by atoms with E-state index in [-0.39, 0.29) is 5.91 Å². The summed E-state index contributed by atoms with van der Waals surface area (Å²) in [6, 6.07) is 0. The monoisotopic (exact) mass is 252 g/mol. The Balaban J connectivity index is 1.61. The molecule has 0 bridgehead atoms. The molecule has 1 saturated heterocycles. The van der Waals surface area contributed by atoms with Crippen molar-refractivity contribution in [3.8, 4) is 0 Å². The van der Waals surface area contributed by atoms with Crippen LogP contribution in [0.15, 0.2) is 4.52 Å². The van der Waals surface area contributed by atoms with Crippen molar-refractivity contribution in [1.29, 1.82) is 0 Å². The summed E-state index contributed by atoms with van der Waals surface area (Å²) in [6.07, 6.45) is 4.07. The predicted molar refractivity (Wildman–Crippen MR) is 65.8 cm³/mol.